The number of hydrogen-bond donors (Lipinski definition) is 1. The Hall–Kier alpha value is -0.0800. The molecule has 0 aromatic carbocycles. The Balaban J connectivity index is 2.36. The smallest absolute Gasteiger partial charge is 0.0576 e. The van der Waals surface area contributed by atoms with Crippen molar-refractivity contribution in [2.45, 2.75) is 91.2 Å². The number of rotatable bonds is 8. The van der Waals surface area contributed by atoms with Crippen molar-refractivity contribution in [1.29, 1.82) is 0 Å². The van der Waals surface area contributed by atoms with E-state index < -0.39 is 0 Å². The van der Waals surface area contributed by atoms with Gasteiger partial charge in [-0.25, -0.2) is 0 Å². The predicted octanol–water partition coefficient (Wildman–Crippen LogP) is 4.53. The summed E-state index contributed by atoms with van der Waals surface area (Å²) in [6, 6.07) is 0. The molecule has 0 spiro atoms. The Bertz CT molecular complexity index is 234. The molecule has 19 heavy (non-hydrogen) atoms. The van der Waals surface area contributed by atoms with Crippen LogP contribution in [0, 0.1) is 5.41 Å². The third-order valence-electron chi connectivity index (χ3n) is 4.75. The average molecular weight is 269 g/mol. The quantitative estimate of drug-likeness (QED) is 0.699. The van der Waals surface area contributed by atoms with Gasteiger partial charge in [-0.2, -0.15) is 0 Å². The minimum absolute atomic E-state index is 0.226. The Morgan fingerprint density at radius 3 is 2.32 bits per heavy atom. The topological polar surface area (TPSA) is 21.3 Å². The molecule has 0 aliphatic carbocycles. The van der Waals surface area contributed by atoms with E-state index in [0.29, 0.717) is 11.5 Å². The molecule has 0 radical (unpaired) electrons. The van der Waals surface area contributed by atoms with Gasteiger partial charge in [0, 0.05) is 18.7 Å². The van der Waals surface area contributed by atoms with E-state index in [1.54, 1.807) is 0 Å². The van der Waals surface area contributed by atoms with Crippen LogP contribution in [0.2, 0.25) is 0 Å². The molecule has 0 bridgehead atoms. The van der Waals surface area contributed by atoms with Gasteiger partial charge >= 0.3 is 0 Å². The molecule has 1 aliphatic rings. The monoisotopic (exact) mass is 269 g/mol. The van der Waals surface area contributed by atoms with Crippen LogP contribution in [0.15, 0.2) is 0 Å². The summed E-state index contributed by atoms with van der Waals surface area (Å²) < 4.78 is 5.73. The second-order valence-corrected chi connectivity index (χ2v) is 7.34. The molecule has 1 unspecified atom stereocenters. The highest BCUT2D eigenvalue weighted by molar-refractivity contribution is 4.83. The van der Waals surface area contributed by atoms with E-state index in [1.165, 1.54) is 44.9 Å². The second-order valence-electron chi connectivity index (χ2n) is 7.34. The summed E-state index contributed by atoms with van der Waals surface area (Å²) in [7, 11) is 0. The summed E-state index contributed by atoms with van der Waals surface area (Å²) in [5.74, 6) is 0. The first-order valence-electron chi connectivity index (χ1n) is 8.27. The predicted molar refractivity (Wildman–Crippen MR) is 83.6 cm³/mol. The summed E-state index contributed by atoms with van der Waals surface area (Å²) >= 11 is 0. The molecule has 114 valence electrons. The first-order chi connectivity index (χ1) is 8.91. The summed E-state index contributed by atoms with van der Waals surface area (Å²) in [4.78, 5) is 0. The van der Waals surface area contributed by atoms with Crippen molar-refractivity contribution in [3.63, 3.8) is 0 Å². The fourth-order valence-corrected chi connectivity index (χ4v) is 2.97. The zero-order chi connectivity index (χ0) is 14.4. The van der Waals surface area contributed by atoms with Gasteiger partial charge in [-0.15, -0.1) is 0 Å². The zero-order valence-electron chi connectivity index (χ0n) is 13.8. The molecule has 2 nitrogen and oxygen atoms in total. The third kappa shape index (κ3) is 6.27. The number of nitrogens with one attached hydrogen (secondary N) is 1. The normalized spacial score (nSPS) is 21.0. The molecular formula is C17H35NO. The van der Waals surface area contributed by atoms with E-state index >= 15 is 0 Å². The summed E-state index contributed by atoms with van der Waals surface area (Å²) in [6.45, 7) is 13.6. The second kappa shape index (κ2) is 7.64. The maximum atomic E-state index is 5.73. The Morgan fingerprint density at radius 1 is 1.16 bits per heavy atom. The fraction of sp³-hybridized carbons (Fsp3) is 1.00. The van der Waals surface area contributed by atoms with Crippen LogP contribution in [0.1, 0.15) is 79.6 Å². The molecule has 0 aromatic rings. The summed E-state index contributed by atoms with van der Waals surface area (Å²) in [6.07, 6.45) is 9.57. The lowest BCUT2D eigenvalue weighted by Crippen LogP contribution is -2.43. The Labute approximate surface area is 120 Å². The minimum atomic E-state index is 0.226. The Morgan fingerprint density at radius 2 is 1.84 bits per heavy atom. The van der Waals surface area contributed by atoms with E-state index in [0.717, 1.165) is 13.2 Å². The van der Waals surface area contributed by atoms with Crippen LogP contribution >= 0.6 is 0 Å². The zero-order valence-corrected chi connectivity index (χ0v) is 13.8. The van der Waals surface area contributed by atoms with Gasteiger partial charge in [-0.3, -0.25) is 0 Å². The van der Waals surface area contributed by atoms with Crippen LogP contribution in [0.25, 0.3) is 0 Å². The minimum Gasteiger partial charge on any atom is -0.378 e. The van der Waals surface area contributed by atoms with Gasteiger partial charge in [0.2, 0.25) is 0 Å². The number of hydrogen-bond acceptors (Lipinski definition) is 2. The molecule has 1 atom stereocenters. The van der Waals surface area contributed by atoms with Gasteiger partial charge < -0.3 is 10.1 Å². The largest absolute Gasteiger partial charge is 0.378 e. The van der Waals surface area contributed by atoms with Gasteiger partial charge in [0.05, 0.1) is 6.10 Å². The van der Waals surface area contributed by atoms with Crippen molar-refractivity contribution in [2.24, 2.45) is 5.41 Å². The maximum absolute atomic E-state index is 5.73. The van der Waals surface area contributed by atoms with Crippen LogP contribution in [-0.4, -0.2) is 24.8 Å². The van der Waals surface area contributed by atoms with E-state index in [-0.39, 0.29) is 5.54 Å². The Kier molecular flexibility index (Phi) is 6.82. The van der Waals surface area contributed by atoms with Gasteiger partial charge in [0.25, 0.3) is 0 Å². The molecule has 1 heterocycles. The van der Waals surface area contributed by atoms with Crippen molar-refractivity contribution in [3.05, 3.63) is 0 Å². The third-order valence-corrected chi connectivity index (χ3v) is 4.75. The molecule has 0 aromatic heterocycles. The lowest BCUT2D eigenvalue weighted by Gasteiger charge is -2.36. The van der Waals surface area contributed by atoms with Crippen molar-refractivity contribution < 1.29 is 4.74 Å². The molecule has 1 saturated heterocycles. The molecule has 1 N–H and O–H groups in total. The first kappa shape index (κ1) is 17.0. The van der Waals surface area contributed by atoms with Crippen LogP contribution in [-0.2, 0) is 4.74 Å². The van der Waals surface area contributed by atoms with E-state index in [1.807, 2.05) is 0 Å². The average Bonchev–Trinajstić information content (AvgIpc) is 2.86. The summed E-state index contributed by atoms with van der Waals surface area (Å²) in [5.41, 5.74) is 0.704. The maximum Gasteiger partial charge on any atom is 0.0576 e. The van der Waals surface area contributed by atoms with E-state index in [4.69, 9.17) is 4.74 Å². The molecule has 1 rings (SSSR count). The van der Waals surface area contributed by atoms with Gasteiger partial charge in [-0.1, -0.05) is 20.3 Å². The molecule has 0 saturated carbocycles. The van der Waals surface area contributed by atoms with Gasteiger partial charge in [-0.05, 0) is 64.7 Å². The SMILES string of the molecule is CCC(CC)(CCCC1CCCO1)CNC(C)(C)C. The van der Waals surface area contributed by atoms with Crippen molar-refractivity contribution in [2.75, 3.05) is 13.2 Å². The highest BCUT2D eigenvalue weighted by Gasteiger charge is 2.28. The fourth-order valence-electron chi connectivity index (χ4n) is 2.97. The molecule has 1 aliphatic heterocycles. The summed E-state index contributed by atoms with van der Waals surface area (Å²) in [5, 5.41) is 3.71. The van der Waals surface area contributed by atoms with Crippen LogP contribution in [0.4, 0.5) is 0 Å². The van der Waals surface area contributed by atoms with Crippen LogP contribution < -0.4 is 5.32 Å². The molecule has 0 amide bonds. The van der Waals surface area contributed by atoms with Crippen LogP contribution in [0.5, 0.6) is 0 Å². The van der Waals surface area contributed by atoms with Crippen molar-refractivity contribution >= 4 is 0 Å². The van der Waals surface area contributed by atoms with Crippen molar-refractivity contribution in [3.8, 4) is 0 Å². The van der Waals surface area contributed by atoms with Crippen LogP contribution in [0.3, 0.4) is 0 Å². The molecular weight excluding hydrogens is 234 g/mol. The van der Waals surface area contributed by atoms with E-state index in [2.05, 4.69) is 39.9 Å². The van der Waals surface area contributed by atoms with Gasteiger partial charge in [0.1, 0.15) is 0 Å². The lowest BCUT2D eigenvalue weighted by atomic mass is 9.77. The highest BCUT2D eigenvalue weighted by Crippen LogP contribution is 2.33. The molecule has 2 heteroatoms. The lowest BCUT2D eigenvalue weighted by molar-refractivity contribution is 0.0954. The highest BCUT2D eigenvalue weighted by atomic mass is 16.5. The van der Waals surface area contributed by atoms with Gasteiger partial charge in [0.15, 0.2) is 0 Å². The van der Waals surface area contributed by atoms with E-state index in [9.17, 15) is 0 Å². The standard InChI is InChI=1S/C17H35NO/c1-6-17(7-2,14-18-16(3,4)5)12-8-10-15-11-9-13-19-15/h15,18H,6-14H2,1-5H3. The number of ether oxygens (including phenoxy) is 1. The van der Waals surface area contributed by atoms with Crippen molar-refractivity contribution in [1.82, 2.24) is 5.32 Å². The first-order valence-corrected chi connectivity index (χ1v) is 8.27. The molecule has 1 fully saturated rings.